The molecule has 3 heteroatoms. The standard InChI is InChI=1S/C9H9AsN2/c10-6-5-9-11-7-3-1-2-4-8(7)12-9/h1-4H,5-6H2,(H,11,12). The molecule has 0 aliphatic carbocycles. The van der Waals surface area contributed by atoms with Crippen molar-refractivity contribution in [1.82, 2.24) is 9.97 Å². The van der Waals surface area contributed by atoms with Crippen molar-refractivity contribution in [3.8, 4) is 0 Å². The van der Waals surface area contributed by atoms with Gasteiger partial charge < -0.3 is 0 Å². The van der Waals surface area contributed by atoms with E-state index in [1.807, 2.05) is 18.2 Å². The molecule has 1 N–H and O–H groups in total. The van der Waals surface area contributed by atoms with Crippen molar-refractivity contribution in [1.29, 1.82) is 0 Å². The molecular formula is C9H9AsN2. The van der Waals surface area contributed by atoms with Crippen LogP contribution in [0.4, 0.5) is 0 Å². The van der Waals surface area contributed by atoms with Crippen LogP contribution in [0.15, 0.2) is 24.3 Å². The van der Waals surface area contributed by atoms with Crippen LogP contribution in [0.3, 0.4) is 0 Å². The Morgan fingerprint density at radius 1 is 1.33 bits per heavy atom. The van der Waals surface area contributed by atoms with E-state index in [4.69, 9.17) is 0 Å². The van der Waals surface area contributed by atoms with Crippen LogP contribution in [0.5, 0.6) is 0 Å². The minimum atomic E-state index is 1.01. The van der Waals surface area contributed by atoms with Crippen molar-refractivity contribution in [2.45, 2.75) is 11.6 Å². The number of H-pyrrole nitrogens is 1. The maximum atomic E-state index is 4.44. The number of hydrogen-bond acceptors (Lipinski definition) is 1. The van der Waals surface area contributed by atoms with E-state index in [1.54, 1.807) is 0 Å². The fourth-order valence-corrected chi connectivity index (χ4v) is 1.67. The Morgan fingerprint density at radius 2 is 2.17 bits per heavy atom. The minimum absolute atomic E-state index is 1.01. The molecule has 2 aromatic rings. The molecule has 0 unspecified atom stereocenters. The van der Waals surface area contributed by atoms with Crippen molar-refractivity contribution in [2.75, 3.05) is 0 Å². The van der Waals surface area contributed by atoms with Gasteiger partial charge in [-0.15, -0.1) is 0 Å². The SMILES string of the molecule is [As]CCc1nc2ccccc2[nH]1. The van der Waals surface area contributed by atoms with Crippen LogP contribution in [0.25, 0.3) is 11.0 Å². The molecule has 0 atom stereocenters. The molecule has 0 saturated heterocycles. The van der Waals surface area contributed by atoms with E-state index in [9.17, 15) is 0 Å². The number of aromatic nitrogens is 2. The van der Waals surface area contributed by atoms with Crippen LogP contribution in [0.2, 0.25) is 5.21 Å². The summed E-state index contributed by atoms with van der Waals surface area (Å²) in [5, 5.41) is 1.08. The fourth-order valence-electron chi connectivity index (χ4n) is 1.23. The number of para-hydroxylation sites is 2. The summed E-state index contributed by atoms with van der Waals surface area (Å²) in [5.41, 5.74) is 2.20. The monoisotopic (exact) mass is 220 g/mol. The zero-order chi connectivity index (χ0) is 8.39. The zero-order valence-electron chi connectivity index (χ0n) is 6.62. The van der Waals surface area contributed by atoms with Crippen LogP contribution in [0, 0.1) is 0 Å². The molecule has 0 saturated carbocycles. The third kappa shape index (κ3) is 1.39. The van der Waals surface area contributed by atoms with E-state index in [-0.39, 0.29) is 0 Å². The van der Waals surface area contributed by atoms with Crippen LogP contribution in [0.1, 0.15) is 5.82 Å². The number of benzene rings is 1. The summed E-state index contributed by atoms with van der Waals surface area (Å²) >= 11 is 2.57. The van der Waals surface area contributed by atoms with E-state index in [1.165, 1.54) is 0 Å². The van der Waals surface area contributed by atoms with Gasteiger partial charge in [-0.2, -0.15) is 0 Å². The van der Waals surface area contributed by atoms with Gasteiger partial charge in [0.1, 0.15) is 0 Å². The first-order valence-electron chi connectivity index (χ1n) is 3.94. The van der Waals surface area contributed by atoms with Gasteiger partial charge in [-0.1, -0.05) is 0 Å². The third-order valence-electron chi connectivity index (χ3n) is 1.79. The number of aryl methyl sites for hydroxylation is 1. The summed E-state index contributed by atoms with van der Waals surface area (Å²) in [6.07, 6.45) is 1.01. The first kappa shape index (κ1) is 7.87. The molecule has 2 radical (unpaired) electrons. The molecule has 0 fully saturated rings. The molecule has 2 nitrogen and oxygen atoms in total. The van der Waals surface area contributed by atoms with E-state index in [0.717, 1.165) is 28.5 Å². The van der Waals surface area contributed by atoms with Gasteiger partial charge in [-0.3, -0.25) is 0 Å². The summed E-state index contributed by atoms with van der Waals surface area (Å²) in [4.78, 5) is 7.71. The summed E-state index contributed by atoms with van der Waals surface area (Å²) in [5.74, 6) is 1.08. The normalized spacial score (nSPS) is 10.8. The van der Waals surface area contributed by atoms with Crippen LogP contribution >= 0.6 is 0 Å². The number of rotatable bonds is 2. The number of nitrogens with zero attached hydrogens (tertiary/aromatic N) is 1. The molecule has 1 aromatic carbocycles. The van der Waals surface area contributed by atoms with Gasteiger partial charge >= 0.3 is 79.6 Å². The number of aromatic amines is 1. The summed E-state index contributed by atoms with van der Waals surface area (Å²) in [7, 11) is 0. The van der Waals surface area contributed by atoms with E-state index < -0.39 is 0 Å². The quantitative estimate of drug-likeness (QED) is 0.766. The van der Waals surface area contributed by atoms with Crippen molar-refractivity contribution >= 4 is 27.9 Å². The van der Waals surface area contributed by atoms with Crippen molar-refractivity contribution < 1.29 is 0 Å². The Morgan fingerprint density at radius 3 is 2.92 bits per heavy atom. The van der Waals surface area contributed by atoms with Crippen LogP contribution in [-0.4, -0.2) is 26.8 Å². The van der Waals surface area contributed by atoms with Crippen LogP contribution in [-0.2, 0) is 6.42 Å². The summed E-state index contributed by atoms with van der Waals surface area (Å²) in [6, 6.07) is 8.11. The topological polar surface area (TPSA) is 28.7 Å². The molecule has 1 heterocycles. The summed E-state index contributed by atoms with van der Waals surface area (Å²) in [6.45, 7) is 0. The molecule has 0 aliphatic heterocycles. The van der Waals surface area contributed by atoms with Gasteiger partial charge in [0.15, 0.2) is 0 Å². The van der Waals surface area contributed by atoms with E-state index in [0.29, 0.717) is 0 Å². The second-order valence-corrected chi connectivity index (χ2v) is 3.61. The van der Waals surface area contributed by atoms with Crippen molar-refractivity contribution in [3.63, 3.8) is 0 Å². The Hall–Kier alpha value is -0.752. The van der Waals surface area contributed by atoms with Gasteiger partial charge in [0.2, 0.25) is 0 Å². The first-order valence-corrected chi connectivity index (χ1v) is 5.27. The number of nitrogens with one attached hydrogen (secondary N) is 1. The molecular weight excluding hydrogens is 211 g/mol. The molecule has 0 spiro atoms. The Bertz CT molecular complexity index is 348. The predicted octanol–water partition coefficient (Wildman–Crippen LogP) is 1.69. The van der Waals surface area contributed by atoms with Crippen molar-refractivity contribution in [3.05, 3.63) is 30.1 Å². The zero-order valence-corrected chi connectivity index (χ0v) is 8.49. The first-order chi connectivity index (χ1) is 5.90. The molecule has 0 aliphatic rings. The molecule has 60 valence electrons. The van der Waals surface area contributed by atoms with E-state index in [2.05, 4.69) is 32.9 Å². The molecule has 0 amide bonds. The Labute approximate surface area is 79.9 Å². The van der Waals surface area contributed by atoms with Crippen LogP contribution < -0.4 is 0 Å². The summed E-state index contributed by atoms with van der Waals surface area (Å²) < 4.78 is 0. The van der Waals surface area contributed by atoms with Gasteiger partial charge in [0.05, 0.1) is 0 Å². The molecule has 12 heavy (non-hydrogen) atoms. The van der Waals surface area contributed by atoms with Gasteiger partial charge in [-0.25, -0.2) is 0 Å². The number of imidazole rings is 1. The molecule has 0 bridgehead atoms. The average molecular weight is 220 g/mol. The number of fused-ring (bicyclic) bond motifs is 1. The van der Waals surface area contributed by atoms with Gasteiger partial charge in [-0.05, 0) is 0 Å². The second kappa shape index (κ2) is 3.32. The average Bonchev–Trinajstić information content (AvgIpc) is 2.47. The fraction of sp³-hybridized carbons (Fsp3) is 0.222. The third-order valence-corrected chi connectivity index (χ3v) is 2.26. The predicted molar refractivity (Wildman–Crippen MR) is 50.4 cm³/mol. The molecule has 2 rings (SSSR count). The van der Waals surface area contributed by atoms with E-state index >= 15 is 0 Å². The Balaban J connectivity index is 2.47. The molecule has 1 aromatic heterocycles. The van der Waals surface area contributed by atoms with Crippen molar-refractivity contribution in [2.24, 2.45) is 0 Å². The second-order valence-electron chi connectivity index (χ2n) is 2.67. The maximum absolute atomic E-state index is 4.44. The number of hydrogen-bond donors (Lipinski definition) is 1. The van der Waals surface area contributed by atoms with Gasteiger partial charge in [0.25, 0.3) is 0 Å². The van der Waals surface area contributed by atoms with Gasteiger partial charge in [0, 0.05) is 0 Å². The Kier molecular flexibility index (Phi) is 2.18.